The standard InChI is InChI=1S/C12H12IN3O3/c1-3-15-12(11(16(17)18)8(2)14-15)19-10-7-5-4-6-9(10)13/h4-7H,3H2,1-2H3. The third kappa shape index (κ3) is 2.70. The number of aromatic nitrogens is 2. The summed E-state index contributed by atoms with van der Waals surface area (Å²) in [6, 6.07) is 7.35. The first-order valence-electron chi connectivity index (χ1n) is 5.68. The van der Waals surface area contributed by atoms with Gasteiger partial charge in [-0.2, -0.15) is 5.10 Å². The van der Waals surface area contributed by atoms with E-state index in [2.05, 4.69) is 27.7 Å². The van der Waals surface area contributed by atoms with Crippen LogP contribution in [0, 0.1) is 20.6 Å². The normalized spacial score (nSPS) is 10.5. The highest BCUT2D eigenvalue weighted by molar-refractivity contribution is 14.1. The van der Waals surface area contributed by atoms with E-state index in [-0.39, 0.29) is 11.6 Å². The summed E-state index contributed by atoms with van der Waals surface area (Å²) >= 11 is 2.12. The molecule has 0 aliphatic rings. The Morgan fingerprint density at radius 2 is 2.16 bits per heavy atom. The van der Waals surface area contributed by atoms with Crippen LogP contribution in [-0.2, 0) is 6.54 Å². The number of nitro groups is 1. The molecule has 7 heteroatoms. The fourth-order valence-electron chi connectivity index (χ4n) is 1.71. The van der Waals surface area contributed by atoms with Gasteiger partial charge in [0, 0.05) is 6.54 Å². The van der Waals surface area contributed by atoms with E-state index < -0.39 is 4.92 Å². The third-order valence-corrected chi connectivity index (χ3v) is 3.47. The van der Waals surface area contributed by atoms with Gasteiger partial charge in [0.25, 0.3) is 5.88 Å². The van der Waals surface area contributed by atoms with Crippen molar-refractivity contribution in [2.24, 2.45) is 0 Å². The molecule has 0 unspecified atom stereocenters. The molecule has 2 aromatic rings. The quantitative estimate of drug-likeness (QED) is 0.467. The molecule has 1 aromatic heterocycles. The number of rotatable bonds is 4. The average Bonchev–Trinajstić information content (AvgIpc) is 2.68. The van der Waals surface area contributed by atoms with Gasteiger partial charge in [0.15, 0.2) is 0 Å². The van der Waals surface area contributed by atoms with Crippen LogP contribution in [0.3, 0.4) is 0 Å². The Labute approximate surface area is 123 Å². The Morgan fingerprint density at radius 1 is 1.47 bits per heavy atom. The average molecular weight is 373 g/mol. The van der Waals surface area contributed by atoms with Crippen molar-refractivity contribution in [3.05, 3.63) is 43.6 Å². The zero-order chi connectivity index (χ0) is 14.0. The topological polar surface area (TPSA) is 70.2 Å². The molecule has 0 saturated heterocycles. The van der Waals surface area contributed by atoms with E-state index in [1.54, 1.807) is 13.0 Å². The van der Waals surface area contributed by atoms with Gasteiger partial charge in [-0.15, -0.1) is 0 Å². The van der Waals surface area contributed by atoms with Crippen LogP contribution in [0.2, 0.25) is 0 Å². The molecule has 0 spiro atoms. The summed E-state index contributed by atoms with van der Waals surface area (Å²) in [5, 5.41) is 15.2. The molecule has 1 heterocycles. The predicted octanol–water partition coefficient (Wildman–Crippen LogP) is 3.52. The summed E-state index contributed by atoms with van der Waals surface area (Å²) in [6.45, 7) is 3.97. The molecule has 19 heavy (non-hydrogen) atoms. The molecular formula is C12H12IN3O3. The molecule has 0 atom stereocenters. The van der Waals surface area contributed by atoms with Gasteiger partial charge in [-0.05, 0) is 48.6 Å². The molecule has 6 nitrogen and oxygen atoms in total. The van der Waals surface area contributed by atoms with Crippen molar-refractivity contribution < 1.29 is 9.66 Å². The minimum atomic E-state index is -0.459. The van der Waals surface area contributed by atoms with Gasteiger partial charge >= 0.3 is 5.69 Å². The summed E-state index contributed by atoms with van der Waals surface area (Å²) < 4.78 is 8.08. The minimum absolute atomic E-state index is 0.0819. The molecule has 0 radical (unpaired) electrons. The molecular weight excluding hydrogens is 361 g/mol. The Kier molecular flexibility index (Phi) is 4.03. The van der Waals surface area contributed by atoms with E-state index in [0.717, 1.165) is 3.57 Å². The maximum absolute atomic E-state index is 11.1. The van der Waals surface area contributed by atoms with Crippen molar-refractivity contribution in [2.75, 3.05) is 0 Å². The number of aryl methyl sites for hydroxylation is 2. The number of para-hydroxylation sites is 1. The number of ether oxygens (including phenoxy) is 1. The Balaban J connectivity index is 2.50. The van der Waals surface area contributed by atoms with Crippen molar-refractivity contribution in [1.82, 2.24) is 9.78 Å². The van der Waals surface area contributed by atoms with Crippen LogP contribution >= 0.6 is 22.6 Å². The second kappa shape index (κ2) is 5.55. The van der Waals surface area contributed by atoms with Gasteiger partial charge < -0.3 is 4.74 Å². The number of hydrogen-bond donors (Lipinski definition) is 0. The molecule has 100 valence electrons. The lowest BCUT2D eigenvalue weighted by atomic mass is 10.3. The zero-order valence-electron chi connectivity index (χ0n) is 10.5. The van der Waals surface area contributed by atoms with Crippen LogP contribution < -0.4 is 4.74 Å². The predicted molar refractivity (Wildman–Crippen MR) is 78.5 cm³/mol. The van der Waals surface area contributed by atoms with Crippen molar-refractivity contribution >= 4 is 28.3 Å². The van der Waals surface area contributed by atoms with Crippen LogP contribution in [0.5, 0.6) is 11.6 Å². The van der Waals surface area contributed by atoms with E-state index in [4.69, 9.17) is 4.74 Å². The van der Waals surface area contributed by atoms with E-state index in [1.807, 2.05) is 25.1 Å². The first kappa shape index (κ1) is 13.8. The minimum Gasteiger partial charge on any atom is -0.433 e. The summed E-state index contributed by atoms with van der Waals surface area (Å²) in [5.74, 6) is 0.759. The lowest BCUT2D eigenvalue weighted by Gasteiger charge is -2.08. The maximum atomic E-state index is 11.1. The molecule has 1 aromatic carbocycles. The van der Waals surface area contributed by atoms with Gasteiger partial charge in [0.2, 0.25) is 0 Å². The highest BCUT2D eigenvalue weighted by atomic mass is 127. The van der Waals surface area contributed by atoms with Gasteiger partial charge in [-0.3, -0.25) is 10.1 Å². The van der Waals surface area contributed by atoms with E-state index in [1.165, 1.54) is 4.68 Å². The van der Waals surface area contributed by atoms with Gasteiger partial charge in [-0.25, -0.2) is 4.68 Å². The van der Waals surface area contributed by atoms with E-state index in [9.17, 15) is 10.1 Å². The lowest BCUT2D eigenvalue weighted by molar-refractivity contribution is -0.386. The molecule has 0 amide bonds. The number of benzene rings is 1. The lowest BCUT2D eigenvalue weighted by Crippen LogP contribution is -2.01. The first-order valence-corrected chi connectivity index (χ1v) is 6.76. The second-order valence-corrected chi connectivity index (χ2v) is 5.01. The number of halogens is 1. The molecule has 0 aliphatic carbocycles. The van der Waals surface area contributed by atoms with Crippen LogP contribution in [-0.4, -0.2) is 14.7 Å². The fraction of sp³-hybridized carbons (Fsp3) is 0.250. The maximum Gasteiger partial charge on any atom is 0.353 e. The Bertz CT molecular complexity index is 625. The molecule has 0 bridgehead atoms. The van der Waals surface area contributed by atoms with Crippen LogP contribution in [0.25, 0.3) is 0 Å². The van der Waals surface area contributed by atoms with Gasteiger partial charge in [-0.1, -0.05) is 12.1 Å². The van der Waals surface area contributed by atoms with Crippen molar-refractivity contribution in [3.63, 3.8) is 0 Å². The molecule has 2 rings (SSSR count). The summed E-state index contributed by atoms with van der Waals surface area (Å²) in [7, 11) is 0. The zero-order valence-corrected chi connectivity index (χ0v) is 12.6. The summed E-state index contributed by atoms with van der Waals surface area (Å²) in [4.78, 5) is 10.7. The molecule has 0 N–H and O–H groups in total. The highest BCUT2D eigenvalue weighted by Crippen LogP contribution is 2.35. The smallest absolute Gasteiger partial charge is 0.353 e. The van der Waals surface area contributed by atoms with Crippen molar-refractivity contribution in [1.29, 1.82) is 0 Å². The second-order valence-electron chi connectivity index (χ2n) is 3.84. The Morgan fingerprint density at radius 3 is 2.74 bits per heavy atom. The SMILES string of the molecule is CCn1nc(C)c([N+](=O)[O-])c1Oc1ccccc1I. The molecule has 0 saturated carbocycles. The molecule has 0 fully saturated rings. The number of hydrogen-bond acceptors (Lipinski definition) is 4. The van der Waals surface area contributed by atoms with Crippen molar-refractivity contribution in [3.8, 4) is 11.6 Å². The monoisotopic (exact) mass is 373 g/mol. The van der Waals surface area contributed by atoms with Gasteiger partial charge in [0.05, 0.1) is 8.49 Å². The third-order valence-electron chi connectivity index (χ3n) is 2.58. The largest absolute Gasteiger partial charge is 0.433 e. The Hall–Kier alpha value is -1.64. The van der Waals surface area contributed by atoms with Crippen LogP contribution in [0.1, 0.15) is 12.6 Å². The number of nitrogens with zero attached hydrogens (tertiary/aromatic N) is 3. The summed E-state index contributed by atoms with van der Waals surface area (Å²) in [6.07, 6.45) is 0. The van der Waals surface area contributed by atoms with Crippen LogP contribution in [0.4, 0.5) is 5.69 Å². The highest BCUT2D eigenvalue weighted by Gasteiger charge is 2.27. The van der Waals surface area contributed by atoms with E-state index in [0.29, 0.717) is 18.0 Å². The molecule has 0 aliphatic heterocycles. The van der Waals surface area contributed by atoms with Crippen LogP contribution in [0.15, 0.2) is 24.3 Å². The van der Waals surface area contributed by atoms with Gasteiger partial charge in [0.1, 0.15) is 11.4 Å². The first-order chi connectivity index (χ1) is 9.04. The fourth-order valence-corrected chi connectivity index (χ4v) is 2.21. The van der Waals surface area contributed by atoms with E-state index >= 15 is 0 Å². The van der Waals surface area contributed by atoms with Crippen molar-refractivity contribution in [2.45, 2.75) is 20.4 Å². The summed E-state index contributed by atoms with van der Waals surface area (Å²) in [5.41, 5.74) is 0.272.